The minimum absolute atomic E-state index is 0.0386. The molecule has 2 N–H and O–H groups in total. The number of nitrogens with zero attached hydrogens (tertiary/aromatic N) is 2. The molecule has 0 aliphatic carbocycles. The van der Waals surface area contributed by atoms with Gasteiger partial charge in [-0.15, -0.1) is 0 Å². The minimum atomic E-state index is -0.150. The van der Waals surface area contributed by atoms with Gasteiger partial charge in [-0.05, 0) is 31.4 Å². The van der Waals surface area contributed by atoms with E-state index in [1.54, 1.807) is 24.3 Å². The van der Waals surface area contributed by atoms with Crippen LogP contribution in [-0.2, 0) is 4.79 Å². The molecule has 0 aliphatic rings. The fraction of sp³-hybridized carbons (Fsp3) is 0.474. The number of carbonyl (C=O) groups is 2. The van der Waals surface area contributed by atoms with Crippen molar-refractivity contribution < 1.29 is 14.1 Å². The zero-order valence-corrected chi connectivity index (χ0v) is 15.5. The molecule has 7 nitrogen and oxygen atoms in total. The first-order valence-electron chi connectivity index (χ1n) is 8.94. The van der Waals surface area contributed by atoms with Gasteiger partial charge in [-0.2, -0.15) is 4.98 Å². The molecule has 0 bridgehead atoms. The molecule has 2 aromatic rings. The van der Waals surface area contributed by atoms with E-state index in [4.69, 9.17) is 4.52 Å². The molecule has 7 heteroatoms. The average Bonchev–Trinajstić information content (AvgIpc) is 3.16. The summed E-state index contributed by atoms with van der Waals surface area (Å²) in [6.45, 7) is 6.61. The predicted molar refractivity (Wildman–Crippen MR) is 98.4 cm³/mol. The molecule has 0 radical (unpaired) electrons. The molecule has 0 aliphatic heterocycles. The van der Waals surface area contributed by atoms with Crippen LogP contribution in [0.25, 0.3) is 11.4 Å². The van der Waals surface area contributed by atoms with E-state index in [1.807, 2.05) is 6.92 Å². The van der Waals surface area contributed by atoms with E-state index in [-0.39, 0.29) is 17.9 Å². The summed E-state index contributed by atoms with van der Waals surface area (Å²) in [6, 6.07) is 6.96. The van der Waals surface area contributed by atoms with Gasteiger partial charge in [-0.1, -0.05) is 37.6 Å². The molecule has 0 fully saturated rings. The summed E-state index contributed by atoms with van der Waals surface area (Å²) >= 11 is 0. The fourth-order valence-electron chi connectivity index (χ4n) is 2.41. The summed E-state index contributed by atoms with van der Waals surface area (Å²) in [5.41, 5.74) is 1.34. The maximum Gasteiger partial charge on any atom is 0.251 e. The van der Waals surface area contributed by atoms with Crippen molar-refractivity contribution >= 4 is 11.8 Å². The molecule has 2 amide bonds. The van der Waals surface area contributed by atoms with E-state index in [9.17, 15) is 9.59 Å². The van der Waals surface area contributed by atoms with Gasteiger partial charge in [0.2, 0.25) is 18.1 Å². The molecule has 1 aromatic heterocycles. The van der Waals surface area contributed by atoms with Crippen LogP contribution in [-0.4, -0.2) is 34.5 Å². The van der Waals surface area contributed by atoms with Crippen molar-refractivity contribution in [2.24, 2.45) is 5.92 Å². The van der Waals surface area contributed by atoms with Gasteiger partial charge in [0, 0.05) is 30.1 Å². The third-order valence-corrected chi connectivity index (χ3v) is 4.27. The van der Waals surface area contributed by atoms with Gasteiger partial charge in [0.1, 0.15) is 0 Å². The third kappa shape index (κ3) is 5.98. The van der Waals surface area contributed by atoms with Crippen LogP contribution in [0, 0.1) is 5.92 Å². The van der Waals surface area contributed by atoms with Crippen molar-refractivity contribution in [1.82, 2.24) is 20.8 Å². The summed E-state index contributed by atoms with van der Waals surface area (Å²) in [7, 11) is 0. The second-order valence-corrected chi connectivity index (χ2v) is 6.56. The molecule has 26 heavy (non-hydrogen) atoms. The first-order valence-corrected chi connectivity index (χ1v) is 8.94. The average molecular weight is 358 g/mol. The fourth-order valence-corrected chi connectivity index (χ4v) is 2.41. The Morgan fingerprint density at radius 1 is 1.19 bits per heavy atom. The van der Waals surface area contributed by atoms with Crippen molar-refractivity contribution in [1.29, 1.82) is 0 Å². The Morgan fingerprint density at radius 3 is 2.54 bits per heavy atom. The standard InChI is InChI=1S/C19H26N4O3/c1-4-13(2)11-17(24)20-10-9-14(3)22-19(25)16-7-5-15(6-8-16)18-21-12-26-23-18/h5-8,12-14H,4,9-11H2,1-3H3,(H,20,24)(H,22,25)/t13?,14-/m0/s1. The lowest BCUT2D eigenvalue weighted by atomic mass is 10.1. The molecular formula is C19H26N4O3. The van der Waals surface area contributed by atoms with E-state index in [0.717, 1.165) is 12.0 Å². The van der Waals surface area contributed by atoms with Gasteiger partial charge >= 0.3 is 0 Å². The predicted octanol–water partition coefficient (Wildman–Crippen LogP) is 2.80. The molecular weight excluding hydrogens is 332 g/mol. The molecule has 1 heterocycles. The highest BCUT2D eigenvalue weighted by Crippen LogP contribution is 2.15. The number of benzene rings is 1. The maximum absolute atomic E-state index is 12.3. The quantitative estimate of drug-likeness (QED) is 0.718. The lowest BCUT2D eigenvalue weighted by Gasteiger charge is -2.15. The van der Waals surface area contributed by atoms with Gasteiger partial charge < -0.3 is 15.2 Å². The smallest absolute Gasteiger partial charge is 0.251 e. The largest absolute Gasteiger partial charge is 0.356 e. The number of rotatable bonds is 9. The van der Waals surface area contributed by atoms with Crippen molar-refractivity contribution in [2.45, 2.75) is 46.1 Å². The van der Waals surface area contributed by atoms with Crippen molar-refractivity contribution in [2.75, 3.05) is 6.54 Å². The third-order valence-electron chi connectivity index (χ3n) is 4.27. The molecule has 0 spiro atoms. The van der Waals surface area contributed by atoms with Crippen LogP contribution in [0.15, 0.2) is 35.2 Å². The highest BCUT2D eigenvalue weighted by Gasteiger charge is 2.12. The van der Waals surface area contributed by atoms with Gasteiger partial charge in [-0.25, -0.2) is 0 Å². The summed E-state index contributed by atoms with van der Waals surface area (Å²) < 4.78 is 4.71. The van der Waals surface area contributed by atoms with Crippen LogP contribution in [0.2, 0.25) is 0 Å². The Hall–Kier alpha value is -2.70. The van der Waals surface area contributed by atoms with Crippen molar-refractivity contribution in [3.63, 3.8) is 0 Å². The lowest BCUT2D eigenvalue weighted by molar-refractivity contribution is -0.121. The molecule has 0 saturated carbocycles. The summed E-state index contributed by atoms with van der Waals surface area (Å²) in [5, 5.41) is 9.60. The molecule has 1 aromatic carbocycles. The Bertz CT molecular complexity index is 698. The van der Waals surface area contributed by atoms with Crippen molar-refractivity contribution in [3.8, 4) is 11.4 Å². The normalized spacial score (nSPS) is 13.0. The zero-order valence-electron chi connectivity index (χ0n) is 15.5. The highest BCUT2D eigenvalue weighted by atomic mass is 16.5. The second-order valence-electron chi connectivity index (χ2n) is 6.56. The summed E-state index contributed by atoms with van der Waals surface area (Å²) in [6.07, 6.45) is 3.48. The van der Waals surface area contributed by atoms with E-state index >= 15 is 0 Å². The van der Waals surface area contributed by atoms with Crippen LogP contribution >= 0.6 is 0 Å². The number of aromatic nitrogens is 2. The molecule has 0 saturated heterocycles. The van der Waals surface area contributed by atoms with Crippen LogP contribution in [0.1, 0.15) is 50.4 Å². The first kappa shape index (κ1) is 19.6. The van der Waals surface area contributed by atoms with E-state index < -0.39 is 0 Å². The highest BCUT2D eigenvalue weighted by molar-refractivity contribution is 5.94. The van der Waals surface area contributed by atoms with E-state index in [0.29, 0.717) is 36.7 Å². The first-order chi connectivity index (χ1) is 12.5. The Balaban J connectivity index is 1.75. The Morgan fingerprint density at radius 2 is 1.92 bits per heavy atom. The summed E-state index contributed by atoms with van der Waals surface area (Å²) in [4.78, 5) is 28.0. The molecule has 1 unspecified atom stereocenters. The second kappa shape index (κ2) is 9.70. The zero-order chi connectivity index (χ0) is 18.9. The number of hydrogen-bond acceptors (Lipinski definition) is 5. The topological polar surface area (TPSA) is 97.1 Å². The van der Waals surface area contributed by atoms with Crippen LogP contribution in [0.4, 0.5) is 0 Å². The minimum Gasteiger partial charge on any atom is -0.356 e. The van der Waals surface area contributed by atoms with Crippen molar-refractivity contribution in [3.05, 3.63) is 36.2 Å². The van der Waals surface area contributed by atoms with Crippen LogP contribution in [0.5, 0.6) is 0 Å². The Kier molecular flexibility index (Phi) is 7.32. The van der Waals surface area contributed by atoms with Crippen LogP contribution < -0.4 is 10.6 Å². The van der Waals surface area contributed by atoms with Gasteiger partial charge in [-0.3, -0.25) is 9.59 Å². The monoisotopic (exact) mass is 358 g/mol. The number of amides is 2. The molecule has 2 rings (SSSR count). The summed E-state index contributed by atoms with van der Waals surface area (Å²) in [5.74, 6) is 0.791. The molecule has 140 valence electrons. The maximum atomic E-state index is 12.3. The number of hydrogen-bond donors (Lipinski definition) is 2. The lowest BCUT2D eigenvalue weighted by Crippen LogP contribution is -2.36. The van der Waals surface area contributed by atoms with Gasteiger partial charge in [0.05, 0.1) is 0 Å². The SMILES string of the molecule is CCC(C)CC(=O)NCC[C@H](C)NC(=O)c1ccc(-c2ncon2)cc1. The molecule has 2 atom stereocenters. The van der Waals surface area contributed by atoms with Crippen LogP contribution in [0.3, 0.4) is 0 Å². The van der Waals surface area contributed by atoms with E-state index in [1.165, 1.54) is 6.39 Å². The number of nitrogens with one attached hydrogen (secondary N) is 2. The van der Waals surface area contributed by atoms with Gasteiger partial charge in [0.25, 0.3) is 5.91 Å². The van der Waals surface area contributed by atoms with Gasteiger partial charge in [0.15, 0.2) is 0 Å². The number of carbonyl (C=O) groups excluding carboxylic acids is 2. The van der Waals surface area contributed by atoms with E-state index in [2.05, 4.69) is 34.6 Å². The Labute approximate surface area is 153 Å².